The van der Waals surface area contributed by atoms with Gasteiger partial charge in [0.2, 0.25) is 0 Å². The number of halogens is 1. The molecular weight excluding hydrogens is 232 g/mol. The van der Waals surface area contributed by atoms with E-state index >= 15 is 0 Å². The number of hydrogen-bond donors (Lipinski definition) is 1. The quantitative estimate of drug-likeness (QED) is 0.900. The number of benzene rings is 1. The molecule has 0 amide bonds. The Balaban J connectivity index is 2.04. The van der Waals surface area contributed by atoms with Gasteiger partial charge in [0.1, 0.15) is 0 Å². The van der Waals surface area contributed by atoms with Gasteiger partial charge < -0.3 is 5.32 Å². The lowest BCUT2D eigenvalue weighted by Crippen LogP contribution is -2.10. The Labute approximate surface area is 106 Å². The fourth-order valence-electron chi connectivity index (χ4n) is 2.58. The molecule has 0 saturated heterocycles. The zero-order valence-corrected chi connectivity index (χ0v) is 10.5. The van der Waals surface area contributed by atoms with E-state index in [1.165, 1.54) is 12.0 Å². The van der Waals surface area contributed by atoms with E-state index in [1.807, 2.05) is 31.4 Å². The van der Waals surface area contributed by atoms with Crippen LogP contribution < -0.4 is 5.32 Å². The molecule has 1 fully saturated rings. The second kappa shape index (κ2) is 4.28. The minimum absolute atomic E-state index is 0.650. The minimum atomic E-state index is 0.650. The smallest absolute Gasteiger partial charge is 0.0751 e. The van der Waals surface area contributed by atoms with E-state index in [-0.39, 0.29) is 0 Å². The zero-order chi connectivity index (χ0) is 11.8. The summed E-state index contributed by atoms with van der Waals surface area (Å²) in [7, 11) is 2.01. The van der Waals surface area contributed by atoms with Gasteiger partial charge in [-0.25, -0.2) is 0 Å². The van der Waals surface area contributed by atoms with E-state index in [0.717, 1.165) is 28.4 Å². The summed E-state index contributed by atoms with van der Waals surface area (Å²) in [5.41, 5.74) is 2.42. The lowest BCUT2D eigenvalue weighted by atomic mass is 10.0. The Morgan fingerprint density at radius 3 is 3.12 bits per heavy atom. The van der Waals surface area contributed by atoms with Gasteiger partial charge in [-0.3, -0.25) is 4.98 Å². The van der Waals surface area contributed by atoms with E-state index in [0.29, 0.717) is 5.92 Å². The van der Waals surface area contributed by atoms with Gasteiger partial charge in [-0.2, -0.15) is 0 Å². The van der Waals surface area contributed by atoms with Crippen LogP contribution in [0.2, 0.25) is 5.02 Å². The first kappa shape index (κ1) is 11.0. The average Bonchev–Trinajstić information content (AvgIpc) is 3.10. The third-order valence-corrected chi connectivity index (χ3v) is 3.87. The molecule has 1 heterocycles. The SMILES string of the molecule is CNCC1CC1c1ccc(Cl)c2cccnc12. The molecule has 2 unspecified atom stereocenters. The zero-order valence-electron chi connectivity index (χ0n) is 9.78. The minimum Gasteiger partial charge on any atom is -0.319 e. The summed E-state index contributed by atoms with van der Waals surface area (Å²) >= 11 is 6.20. The highest BCUT2D eigenvalue weighted by Gasteiger charge is 2.38. The number of nitrogens with one attached hydrogen (secondary N) is 1. The van der Waals surface area contributed by atoms with Crippen molar-refractivity contribution < 1.29 is 0 Å². The molecule has 1 saturated carbocycles. The van der Waals surface area contributed by atoms with E-state index in [4.69, 9.17) is 11.6 Å². The van der Waals surface area contributed by atoms with Crippen LogP contribution in [-0.2, 0) is 0 Å². The van der Waals surface area contributed by atoms with Crippen LogP contribution in [0.1, 0.15) is 17.9 Å². The van der Waals surface area contributed by atoms with Crippen molar-refractivity contribution in [1.29, 1.82) is 0 Å². The van der Waals surface area contributed by atoms with E-state index in [9.17, 15) is 0 Å². The summed E-state index contributed by atoms with van der Waals surface area (Å²) in [6.07, 6.45) is 3.10. The van der Waals surface area contributed by atoms with Crippen molar-refractivity contribution in [2.75, 3.05) is 13.6 Å². The lowest BCUT2D eigenvalue weighted by Gasteiger charge is -2.06. The van der Waals surface area contributed by atoms with Gasteiger partial charge in [0.05, 0.1) is 5.52 Å². The highest BCUT2D eigenvalue weighted by Crippen LogP contribution is 2.49. The molecule has 0 radical (unpaired) electrons. The summed E-state index contributed by atoms with van der Waals surface area (Å²) < 4.78 is 0. The standard InChI is InChI=1S/C14H15ClN2/c1-16-8-9-7-12(9)10-4-5-13(15)11-3-2-6-17-14(10)11/h2-6,9,12,16H,7-8H2,1H3. The Morgan fingerprint density at radius 2 is 2.29 bits per heavy atom. The van der Waals surface area contributed by atoms with Crippen molar-refractivity contribution in [3.8, 4) is 0 Å². The Hall–Kier alpha value is -1.12. The lowest BCUT2D eigenvalue weighted by molar-refractivity contribution is 0.699. The number of fused-ring (bicyclic) bond motifs is 1. The van der Waals surface area contributed by atoms with E-state index in [2.05, 4.69) is 16.4 Å². The van der Waals surface area contributed by atoms with Crippen LogP contribution in [0.15, 0.2) is 30.5 Å². The van der Waals surface area contributed by atoms with Gasteiger partial charge in [-0.15, -0.1) is 0 Å². The van der Waals surface area contributed by atoms with Gasteiger partial charge in [0.25, 0.3) is 0 Å². The van der Waals surface area contributed by atoms with Crippen LogP contribution in [0, 0.1) is 5.92 Å². The maximum atomic E-state index is 6.20. The van der Waals surface area contributed by atoms with Crippen molar-refractivity contribution in [2.24, 2.45) is 5.92 Å². The topological polar surface area (TPSA) is 24.9 Å². The first-order chi connectivity index (χ1) is 8.31. The fourth-order valence-corrected chi connectivity index (χ4v) is 2.79. The van der Waals surface area contributed by atoms with Crippen molar-refractivity contribution in [2.45, 2.75) is 12.3 Å². The first-order valence-corrected chi connectivity index (χ1v) is 6.37. The number of nitrogens with zero attached hydrogens (tertiary/aromatic N) is 1. The molecule has 88 valence electrons. The Kier molecular flexibility index (Phi) is 2.77. The normalized spacial score (nSPS) is 22.9. The van der Waals surface area contributed by atoms with Crippen LogP contribution in [-0.4, -0.2) is 18.6 Å². The summed E-state index contributed by atoms with van der Waals surface area (Å²) in [5, 5.41) is 5.11. The Morgan fingerprint density at radius 1 is 1.41 bits per heavy atom. The molecular formula is C14H15ClN2. The van der Waals surface area contributed by atoms with Crippen molar-refractivity contribution in [1.82, 2.24) is 10.3 Å². The molecule has 1 aliphatic rings. The van der Waals surface area contributed by atoms with Crippen LogP contribution >= 0.6 is 11.6 Å². The van der Waals surface area contributed by atoms with Crippen LogP contribution in [0.5, 0.6) is 0 Å². The second-order valence-corrected chi connectivity index (χ2v) is 5.10. The summed E-state index contributed by atoms with van der Waals surface area (Å²) in [6, 6.07) is 8.12. The molecule has 0 aliphatic heterocycles. The molecule has 0 spiro atoms. The molecule has 2 nitrogen and oxygen atoms in total. The molecule has 1 aromatic carbocycles. The first-order valence-electron chi connectivity index (χ1n) is 5.99. The predicted octanol–water partition coefficient (Wildman–Crippen LogP) is 3.21. The van der Waals surface area contributed by atoms with Gasteiger partial charge in [-0.1, -0.05) is 17.7 Å². The highest BCUT2D eigenvalue weighted by molar-refractivity contribution is 6.35. The summed E-state index contributed by atoms with van der Waals surface area (Å²) in [5.74, 6) is 1.41. The molecule has 3 heteroatoms. The van der Waals surface area contributed by atoms with Crippen LogP contribution in [0.4, 0.5) is 0 Å². The molecule has 1 aromatic heterocycles. The predicted molar refractivity (Wildman–Crippen MR) is 71.5 cm³/mol. The van der Waals surface area contributed by atoms with Crippen LogP contribution in [0.3, 0.4) is 0 Å². The third-order valence-electron chi connectivity index (χ3n) is 3.54. The van der Waals surface area contributed by atoms with Crippen molar-refractivity contribution >= 4 is 22.5 Å². The maximum Gasteiger partial charge on any atom is 0.0751 e. The molecule has 2 aromatic rings. The Bertz CT molecular complexity index is 553. The monoisotopic (exact) mass is 246 g/mol. The number of rotatable bonds is 3. The molecule has 1 aliphatic carbocycles. The summed E-state index contributed by atoms with van der Waals surface area (Å²) in [6.45, 7) is 1.08. The molecule has 0 bridgehead atoms. The fraction of sp³-hybridized carbons (Fsp3) is 0.357. The van der Waals surface area contributed by atoms with E-state index in [1.54, 1.807) is 0 Å². The molecule has 2 atom stereocenters. The van der Waals surface area contributed by atoms with Gasteiger partial charge in [-0.05, 0) is 55.6 Å². The molecule has 3 rings (SSSR count). The maximum absolute atomic E-state index is 6.20. The number of hydrogen-bond acceptors (Lipinski definition) is 2. The van der Waals surface area contributed by atoms with Gasteiger partial charge >= 0.3 is 0 Å². The second-order valence-electron chi connectivity index (χ2n) is 4.70. The molecule has 17 heavy (non-hydrogen) atoms. The largest absolute Gasteiger partial charge is 0.319 e. The average molecular weight is 247 g/mol. The van der Waals surface area contributed by atoms with E-state index < -0.39 is 0 Å². The number of pyridine rings is 1. The van der Waals surface area contributed by atoms with Crippen LogP contribution in [0.25, 0.3) is 10.9 Å². The van der Waals surface area contributed by atoms with Crippen molar-refractivity contribution in [3.63, 3.8) is 0 Å². The summed E-state index contributed by atoms with van der Waals surface area (Å²) in [4.78, 5) is 4.49. The molecule has 1 N–H and O–H groups in total. The van der Waals surface area contributed by atoms with Gasteiger partial charge in [0, 0.05) is 16.6 Å². The van der Waals surface area contributed by atoms with Gasteiger partial charge in [0.15, 0.2) is 0 Å². The number of aromatic nitrogens is 1. The van der Waals surface area contributed by atoms with Crippen molar-refractivity contribution in [3.05, 3.63) is 41.0 Å². The highest BCUT2D eigenvalue weighted by atomic mass is 35.5. The third kappa shape index (κ3) is 1.92.